The molecule has 1 aromatic rings. The fraction of sp³-hybridized carbons (Fsp3) is 0.364. The maximum atomic E-state index is 13.2. The summed E-state index contributed by atoms with van der Waals surface area (Å²) in [6.45, 7) is 0. The van der Waals surface area contributed by atoms with Gasteiger partial charge in [0.1, 0.15) is 11.6 Å². The normalized spacial score (nSPS) is 16.7. The van der Waals surface area contributed by atoms with Gasteiger partial charge in [-0.15, -0.1) is 0 Å². The van der Waals surface area contributed by atoms with Crippen LogP contribution < -0.4 is 16.0 Å². The molecule has 86 valence electrons. The number of hydrogen-bond acceptors (Lipinski definition) is 3. The van der Waals surface area contributed by atoms with E-state index in [2.05, 4.69) is 5.43 Å². The van der Waals surface area contributed by atoms with Crippen LogP contribution in [0.15, 0.2) is 18.2 Å². The minimum atomic E-state index is -0.706. The molecule has 0 saturated heterocycles. The monoisotopic (exact) mass is 224 g/mol. The maximum absolute atomic E-state index is 13.2. The summed E-state index contributed by atoms with van der Waals surface area (Å²) in [4.78, 5) is 11.7. The smallest absolute Gasteiger partial charge is 0.244 e. The van der Waals surface area contributed by atoms with Crippen LogP contribution in [0, 0.1) is 5.82 Å². The zero-order valence-corrected chi connectivity index (χ0v) is 8.92. The second-order valence-electron chi connectivity index (χ2n) is 3.90. The second-order valence-corrected chi connectivity index (χ2v) is 3.90. The molecule has 0 atom stereocenters. The molecule has 1 saturated carbocycles. The van der Waals surface area contributed by atoms with Crippen LogP contribution in [0.5, 0.6) is 5.75 Å². The number of nitrogens with one attached hydrogen (secondary N) is 1. The number of rotatable bonds is 3. The summed E-state index contributed by atoms with van der Waals surface area (Å²) in [6.07, 6.45) is 1.33. The fourth-order valence-electron chi connectivity index (χ4n) is 1.94. The predicted molar refractivity (Wildman–Crippen MR) is 56.2 cm³/mol. The van der Waals surface area contributed by atoms with Gasteiger partial charge in [0.15, 0.2) is 0 Å². The Balaban J connectivity index is 2.47. The van der Waals surface area contributed by atoms with Crippen molar-refractivity contribution in [3.8, 4) is 5.75 Å². The van der Waals surface area contributed by atoms with Crippen molar-refractivity contribution in [3.63, 3.8) is 0 Å². The van der Waals surface area contributed by atoms with Gasteiger partial charge in [-0.25, -0.2) is 10.2 Å². The lowest BCUT2D eigenvalue weighted by Crippen LogP contribution is -2.39. The summed E-state index contributed by atoms with van der Waals surface area (Å²) in [5.74, 6) is 4.97. The fourth-order valence-corrected chi connectivity index (χ4v) is 1.94. The summed E-state index contributed by atoms with van der Waals surface area (Å²) < 4.78 is 18.3. The summed E-state index contributed by atoms with van der Waals surface area (Å²) in [5.41, 5.74) is 1.98. The SMILES string of the molecule is COc1ccc(F)cc1C1(C(=O)NN)CC1. The minimum absolute atomic E-state index is 0.295. The average Bonchev–Trinajstić information content (AvgIpc) is 3.09. The molecule has 0 heterocycles. The number of carbonyl (C=O) groups is 1. The molecule has 1 aliphatic rings. The highest BCUT2D eigenvalue weighted by atomic mass is 19.1. The largest absolute Gasteiger partial charge is 0.496 e. The molecule has 4 nitrogen and oxygen atoms in total. The molecular formula is C11H13FN2O2. The number of ether oxygens (including phenoxy) is 1. The van der Waals surface area contributed by atoms with Crippen molar-refractivity contribution in [2.75, 3.05) is 7.11 Å². The molecule has 0 spiro atoms. The van der Waals surface area contributed by atoms with Crippen LogP contribution in [0.4, 0.5) is 4.39 Å². The quantitative estimate of drug-likeness (QED) is 0.454. The summed E-state index contributed by atoms with van der Waals surface area (Å²) in [7, 11) is 1.49. The molecule has 5 heteroatoms. The third-order valence-corrected chi connectivity index (χ3v) is 2.99. The first-order valence-corrected chi connectivity index (χ1v) is 4.99. The molecule has 1 aromatic carbocycles. The molecule has 3 N–H and O–H groups in total. The van der Waals surface area contributed by atoms with Gasteiger partial charge in [-0.2, -0.15) is 0 Å². The van der Waals surface area contributed by atoms with Gasteiger partial charge in [0.25, 0.3) is 0 Å². The van der Waals surface area contributed by atoms with Crippen molar-refractivity contribution in [1.29, 1.82) is 0 Å². The first-order valence-electron chi connectivity index (χ1n) is 4.99. The Morgan fingerprint density at radius 2 is 2.25 bits per heavy atom. The van der Waals surface area contributed by atoms with Crippen molar-refractivity contribution < 1.29 is 13.9 Å². The van der Waals surface area contributed by atoms with Crippen molar-refractivity contribution in [2.24, 2.45) is 5.84 Å². The molecule has 1 amide bonds. The van der Waals surface area contributed by atoms with Crippen molar-refractivity contribution in [3.05, 3.63) is 29.6 Å². The van der Waals surface area contributed by atoms with Gasteiger partial charge in [0, 0.05) is 5.56 Å². The first kappa shape index (κ1) is 10.9. The van der Waals surface area contributed by atoms with E-state index >= 15 is 0 Å². The van der Waals surface area contributed by atoms with E-state index in [1.807, 2.05) is 0 Å². The van der Waals surface area contributed by atoms with E-state index in [0.29, 0.717) is 24.2 Å². The third kappa shape index (κ3) is 1.53. The molecule has 16 heavy (non-hydrogen) atoms. The molecule has 1 fully saturated rings. The minimum Gasteiger partial charge on any atom is -0.496 e. The molecule has 0 radical (unpaired) electrons. The van der Waals surface area contributed by atoms with E-state index in [0.717, 1.165) is 0 Å². The number of halogens is 1. The predicted octanol–water partition coefficient (Wildman–Crippen LogP) is 0.856. The van der Waals surface area contributed by atoms with Crippen LogP contribution in [0.3, 0.4) is 0 Å². The van der Waals surface area contributed by atoms with E-state index in [9.17, 15) is 9.18 Å². The van der Waals surface area contributed by atoms with Crippen LogP contribution in [0.25, 0.3) is 0 Å². The summed E-state index contributed by atoms with van der Waals surface area (Å²) in [6, 6.07) is 4.16. The van der Waals surface area contributed by atoms with E-state index in [1.54, 1.807) is 0 Å². The Kier molecular flexibility index (Phi) is 2.55. The molecule has 1 aliphatic carbocycles. The van der Waals surface area contributed by atoms with Crippen LogP contribution in [-0.2, 0) is 10.2 Å². The Hall–Kier alpha value is -1.62. The summed E-state index contributed by atoms with van der Waals surface area (Å²) in [5, 5.41) is 0. The van der Waals surface area contributed by atoms with E-state index in [-0.39, 0.29) is 11.7 Å². The highest BCUT2D eigenvalue weighted by Crippen LogP contribution is 2.51. The summed E-state index contributed by atoms with van der Waals surface area (Å²) >= 11 is 0. The highest BCUT2D eigenvalue weighted by Gasteiger charge is 2.52. The van der Waals surface area contributed by atoms with Gasteiger partial charge >= 0.3 is 0 Å². The van der Waals surface area contributed by atoms with E-state index in [4.69, 9.17) is 10.6 Å². The van der Waals surface area contributed by atoms with Gasteiger partial charge in [0.05, 0.1) is 12.5 Å². The number of carbonyl (C=O) groups excluding carboxylic acids is 1. The van der Waals surface area contributed by atoms with Crippen LogP contribution >= 0.6 is 0 Å². The van der Waals surface area contributed by atoms with Gasteiger partial charge in [-0.3, -0.25) is 10.2 Å². The third-order valence-electron chi connectivity index (χ3n) is 2.99. The standard InChI is InChI=1S/C11H13FN2O2/c1-16-9-3-2-7(12)6-8(9)11(4-5-11)10(15)14-13/h2-3,6H,4-5,13H2,1H3,(H,14,15). The number of benzene rings is 1. The number of nitrogens with two attached hydrogens (primary N) is 1. The first-order chi connectivity index (χ1) is 7.64. The Morgan fingerprint density at radius 3 is 2.75 bits per heavy atom. The van der Waals surface area contributed by atoms with Gasteiger partial charge in [-0.1, -0.05) is 0 Å². The van der Waals surface area contributed by atoms with Crippen molar-refractivity contribution in [2.45, 2.75) is 18.3 Å². The molecule has 2 rings (SSSR count). The average molecular weight is 224 g/mol. The maximum Gasteiger partial charge on any atom is 0.244 e. The molecular weight excluding hydrogens is 211 g/mol. The number of amides is 1. The van der Waals surface area contributed by atoms with E-state index in [1.165, 1.54) is 25.3 Å². The van der Waals surface area contributed by atoms with Crippen LogP contribution in [0.2, 0.25) is 0 Å². The number of methoxy groups -OCH3 is 1. The molecule has 0 aliphatic heterocycles. The van der Waals surface area contributed by atoms with Crippen molar-refractivity contribution >= 4 is 5.91 Å². The second kappa shape index (κ2) is 3.75. The van der Waals surface area contributed by atoms with Gasteiger partial charge in [0.2, 0.25) is 5.91 Å². The molecule has 0 unspecified atom stereocenters. The van der Waals surface area contributed by atoms with E-state index < -0.39 is 5.41 Å². The number of hydrogen-bond donors (Lipinski definition) is 2. The van der Waals surface area contributed by atoms with Gasteiger partial charge < -0.3 is 4.74 Å². The van der Waals surface area contributed by atoms with Crippen LogP contribution in [0.1, 0.15) is 18.4 Å². The lowest BCUT2D eigenvalue weighted by molar-refractivity contribution is -0.123. The van der Waals surface area contributed by atoms with Crippen LogP contribution in [-0.4, -0.2) is 13.0 Å². The van der Waals surface area contributed by atoms with Crippen molar-refractivity contribution in [1.82, 2.24) is 5.43 Å². The molecule has 0 bridgehead atoms. The number of hydrazine groups is 1. The topological polar surface area (TPSA) is 64.3 Å². The lowest BCUT2D eigenvalue weighted by atomic mass is 9.94. The zero-order valence-electron chi connectivity index (χ0n) is 8.92. The highest BCUT2D eigenvalue weighted by molar-refractivity contribution is 5.91. The zero-order chi connectivity index (χ0) is 11.8. The lowest BCUT2D eigenvalue weighted by Gasteiger charge is -2.17. The Morgan fingerprint density at radius 1 is 1.56 bits per heavy atom. The van der Waals surface area contributed by atoms with Gasteiger partial charge in [-0.05, 0) is 31.0 Å². The Bertz CT molecular complexity index is 430. The Labute approximate surface area is 92.6 Å². The molecule has 0 aromatic heterocycles.